The standard InChI is InChI=1S/C24H36ClN3Si/c1-17(2)29(18(3)4,19(5)6)13-12-21-10-11-22(23(25)27-21)20-14-26-28(15-20)16-24(7,8)9/h10-11,14-15,17-19H,16H2,1-9H3. The van der Waals surface area contributed by atoms with Crippen LogP contribution in [-0.2, 0) is 6.54 Å². The van der Waals surface area contributed by atoms with E-state index in [1.54, 1.807) is 0 Å². The normalized spacial score (nSPS) is 12.6. The molecular weight excluding hydrogens is 394 g/mol. The van der Waals surface area contributed by atoms with Crippen LogP contribution in [0.2, 0.25) is 21.8 Å². The first-order valence-electron chi connectivity index (χ1n) is 10.6. The first-order valence-corrected chi connectivity index (χ1v) is 13.2. The van der Waals surface area contributed by atoms with Crippen LogP contribution in [0.5, 0.6) is 0 Å². The monoisotopic (exact) mass is 429 g/mol. The van der Waals surface area contributed by atoms with E-state index in [1.807, 2.05) is 29.2 Å². The van der Waals surface area contributed by atoms with E-state index in [0.717, 1.165) is 23.4 Å². The SMILES string of the molecule is CC(C)[Si](C#Cc1ccc(-c2cnn(CC(C)(C)C)c2)c(Cl)n1)(C(C)C)C(C)C. The molecule has 0 aliphatic carbocycles. The summed E-state index contributed by atoms with van der Waals surface area (Å²) < 4.78 is 1.97. The number of rotatable bonds is 5. The Kier molecular flexibility index (Phi) is 7.41. The number of halogens is 1. The minimum atomic E-state index is -1.78. The Labute approximate surface area is 183 Å². The van der Waals surface area contributed by atoms with Gasteiger partial charge in [-0.15, -0.1) is 5.54 Å². The van der Waals surface area contributed by atoms with Crippen LogP contribution in [0.15, 0.2) is 24.5 Å². The lowest BCUT2D eigenvalue weighted by Crippen LogP contribution is -2.43. The summed E-state index contributed by atoms with van der Waals surface area (Å²) in [7, 11) is -1.78. The third-order valence-electron chi connectivity index (χ3n) is 5.70. The second kappa shape index (κ2) is 9.06. The molecule has 0 N–H and O–H groups in total. The Morgan fingerprint density at radius 3 is 2.10 bits per heavy atom. The zero-order chi connectivity index (χ0) is 22.0. The van der Waals surface area contributed by atoms with Gasteiger partial charge in [-0.1, -0.05) is 79.8 Å². The van der Waals surface area contributed by atoms with Crippen molar-refractivity contribution in [2.75, 3.05) is 0 Å². The third-order valence-corrected chi connectivity index (χ3v) is 12.3. The van der Waals surface area contributed by atoms with Gasteiger partial charge in [0.2, 0.25) is 0 Å². The van der Waals surface area contributed by atoms with Crippen LogP contribution in [0, 0.1) is 16.9 Å². The van der Waals surface area contributed by atoms with Gasteiger partial charge in [0.05, 0.1) is 6.20 Å². The van der Waals surface area contributed by atoms with Crippen LogP contribution in [0.4, 0.5) is 0 Å². The number of hydrogen-bond acceptors (Lipinski definition) is 2. The van der Waals surface area contributed by atoms with E-state index in [9.17, 15) is 0 Å². The largest absolute Gasteiger partial charge is 0.272 e. The van der Waals surface area contributed by atoms with Gasteiger partial charge in [0, 0.05) is 23.9 Å². The van der Waals surface area contributed by atoms with Gasteiger partial charge in [0.1, 0.15) is 18.9 Å². The zero-order valence-corrected chi connectivity index (χ0v) is 21.2. The van der Waals surface area contributed by atoms with Gasteiger partial charge in [-0.25, -0.2) is 4.98 Å². The summed E-state index contributed by atoms with van der Waals surface area (Å²) in [6.07, 6.45) is 3.89. The van der Waals surface area contributed by atoms with Gasteiger partial charge >= 0.3 is 0 Å². The van der Waals surface area contributed by atoms with Gasteiger partial charge in [0.15, 0.2) is 0 Å². The van der Waals surface area contributed by atoms with Crippen molar-refractivity contribution in [2.45, 2.75) is 85.5 Å². The van der Waals surface area contributed by atoms with Crippen molar-refractivity contribution in [2.24, 2.45) is 5.41 Å². The highest BCUT2D eigenvalue weighted by molar-refractivity contribution is 6.90. The Hall–Kier alpha value is -1.57. The molecule has 0 aliphatic rings. The fourth-order valence-electron chi connectivity index (χ4n) is 4.40. The molecule has 0 radical (unpaired) electrons. The highest BCUT2D eigenvalue weighted by Crippen LogP contribution is 2.40. The minimum Gasteiger partial charge on any atom is -0.272 e. The van der Waals surface area contributed by atoms with Gasteiger partial charge in [-0.3, -0.25) is 4.68 Å². The minimum absolute atomic E-state index is 0.171. The molecular formula is C24H36ClN3Si. The summed E-state index contributed by atoms with van der Waals surface area (Å²) >= 11 is 6.54. The molecule has 0 atom stereocenters. The number of hydrogen-bond donors (Lipinski definition) is 0. The number of aromatic nitrogens is 3. The summed E-state index contributed by atoms with van der Waals surface area (Å²) in [5, 5.41) is 4.96. The topological polar surface area (TPSA) is 30.7 Å². The molecule has 0 spiro atoms. The second-order valence-corrected chi connectivity index (χ2v) is 16.1. The predicted octanol–water partition coefficient (Wildman–Crippen LogP) is 7.21. The molecule has 3 nitrogen and oxygen atoms in total. The number of nitrogens with zero attached hydrogens (tertiary/aromatic N) is 3. The summed E-state index contributed by atoms with van der Waals surface area (Å²) in [5.74, 6) is 3.38. The highest BCUT2D eigenvalue weighted by atomic mass is 35.5. The van der Waals surface area contributed by atoms with E-state index in [0.29, 0.717) is 21.8 Å². The Bertz CT molecular complexity index is 873. The third kappa shape index (κ3) is 5.52. The van der Waals surface area contributed by atoms with Crippen LogP contribution in [0.1, 0.15) is 68.0 Å². The van der Waals surface area contributed by atoms with E-state index in [2.05, 4.69) is 83.9 Å². The van der Waals surface area contributed by atoms with Gasteiger partial charge < -0.3 is 0 Å². The molecule has 0 saturated heterocycles. The fourth-order valence-corrected chi connectivity index (χ4v) is 9.87. The van der Waals surface area contributed by atoms with E-state index < -0.39 is 8.07 Å². The zero-order valence-electron chi connectivity index (χ0n) is 19.5. The molecule has 0 fully saturated rings. The van der Waals surface area contributed by atoms with Gasteiger partial charge in [-0.2, -0.15) is 5.10 Å². The lowest BCUT2D eigenvalue weighted by atomic mass is 9.97. The Balaban J connectivity index is 2.35. The maximum atomic E-state index is 6.54. The maximum Gasteiger partial charge on any atom is 0.146 e. The van der Waals surface area contributed by atoms with Crippen LogP contribution < -0.4 is 0 Å². The Morgan fingerprint density at radius 2 is 1.62 bits per heavy atom. The molecule has 29 heavy (non-hydrogen) atoms. The van der Waals surface area contributed by atoms with Gasteiger partial charge in [-0.05, 0) is 34.2 Å². The van der Waals surface area contributed by atoms with Gasteiger partial charge in [0.25, 0.3) is 0 Å². The van der Waals surface area contributed by atoms with Crippen molar-refractivity contribution in [1.29, 1.82) is 0 Å². The van der Waals surface area contributed by atoms with Crippen molar-refractivity contribution in [3.8, 4) is 22.6 Å². The van der Waals surface area contributed by atoms with E-state index in [4.69, 9.17) is 11.6 Å². The second-order valence-electron chi connectivity index (χ2n) is 10.2. The van der Waals surface area contributed by atoms with E-state index >= 15 is 0 Å². The fraction of sp³-hybridized carbons (Fsp3) is 0.583. The predicted molar refractivity (Wildman–Crippen MR) is 128 cm³/mol. The summed E-state index contributed by atoms with van der Waals surface area (Å²) in [6, 6.07) is 4.00. The molecule has 158 valence electrons. The van der Waals surface area contributed by atoms with Crippen LogP contribution in [0.3, 0.4) is 0 Å². The molecule has 5 heteroatoms. The van der Waals surface area contributed by atoms with E-state index in [-0.39, 0.29) is 5.41 Å². The maximum absolute atomic E-state index is 6.54. The molecule has 0 unspecified atom stereocenters. The molecule has 2 rings (SSSR count). The van der Waals surface area contributed by atoms with Crippen LogP contribution in [0.25, 0.3) is 11.1 Å². The molecule has 0 bridgehead atoms. The average Bonchev–Trinajstić information content (AvgIpc) is 3.00. The summed E-state index contributed by atoms with van der Waals surface area (Å²) in [6.45, 7) is 21.4. The van der Waals surface area contributed by atoms with Crippen LogP contribution in [-0.4, -0.2) is 22.8 Å². The molecule has 0 amide bonds. The van der Waals surface area contributed by atoms with Crippen molar-refractivity contribution < 1.29 is 0 Å². The molecule has 0 aliphatic heterocycles. The first-order chi connectivity index (χ1) is 13.4. The van der Waals surface area contributed by atoms with Crippen molar-refractivity contribution in [3.63, 3.8) is 0 Å². The average molecular weight is 430 g/mol. The van der Waals surface area contributed by atoms with Crippen molar-refractivity contribution in [3.05, 3.63) is 35.4 Å². The number of pyridine rings is 1. The van der Waals surface area contributed by atoms with Crippen LogP contribution >= 0.6 is 11.6 Å². The highest BCUT2D eigenvalue weighted by Gasteiger charge is 2.41. The molecule has 2 heterocycles. The smallest absolute Gasteiger partial charge is 0.146 e. The first kappa shape index (κ1) is 23.7. The molecule has 2 aromatic heterocycles. The molecule has 0 aromatic carbocycles. The lowest BCUT2D eigenvalue weighted by Gasteiger charge is -2.38. The summed E-state index contributed by atoms with van der Waals surface area (Å²) in [4.78, 5) is 4.59. The van der Waals surface area contributed by atoms with Crippen molar-refractivity contribution in [1.82, 2.24) is 14.8 Å². The quantitative estimate of drug-likeness (QED) is 0.285. The molecule has 2 aromatic rings. The summed E-state index contributed by atoms with van der Waals surface area (Å²) in [5.41, 5.74) is 8.31. The lowest BCUT2D eigenvalue weighted by molar-refractivity contribution is 0.325. The molecule has 0 saturated carbocycles. The Morgan fingerprint density at radius 1 is 1.03 bits per heavy atom. The van der Waals surface area contributed by atoms with Crippen molar-refractivity contribution >= 4 is 19.7 Å². The van der Waals surface area contributed by atoms with E-state index in [1.165, 1.54) is 0 Å².